The molecule has 0 aromatic heterocycles. The summed E-state index contributed by atoms with van der Waals surface area (Å²) < 4.78 is 33.0. The third-order valence-corrected chi connectivity index (χ3v) is 6.15. The molecular weight excluding hydrogens is 407 g/mol. The Kier molecular flexibility index (Phi) is 18.6. The molecule has 169 valence electrons. The van der Waals surface area contributed by atoms with Gasteiger partial charge < -0.3 is 20.2 Å². The standard InChI is InChI=1S/C19H38N2O5S.Na.H2O/c1-2-3-4-5-6-7-8-9-10-11-19-20-12-13-21(19,14-15-22)16-18(23)17-27(24,25)26;;/h18,22-23H,2-17H2,1H3;;1H2. The summed E-state index contributed by atoms with van der Waals surface area (Å²) in [5, 5.41) is 19.5. The van der Waals surface area contributed by atoms with E-state index in [1.807, 2.05) is 0 Å². The van der Waals surface area contributed by atoms with Crippen molar-refractivity contribution >= 4 is 45.5 Å². The molecule has 0 aromatic rings. The van der Waals surface area contributed by atoms with Gasteiger partial charge in [0, 0.05) is 36.0 Å². The summed E-state index contributed by atoms with van der Waals surface area (Å²) in [5.41, 5.74) is 0. The smallest absolute Gasteiger partial charge is 0.198 e. The SMILES string of the molecule is CCCCCCCCCCCC1=NCC[N+]1(CCO)CC(O)CS(=O)(=O)[O-].O.[Na]. The van der Waals surface area contributed by atoms with Crippen LogP contribution in [0.25, 0.3) is 0 Å². The van der Waals surface area contributed by atoms with Gasteiger partial charge in [-0.25, -0.2) is 13.4 Å². The van der Waals surface area contributed by atoms with Crippen LogP contribution in [0, 0.1) is 0 Å². The normalized spacial score (nSPS) is 19.9. The van der Waals surface area contributed by atoms with Gasteiger partial charge in [0.05, 0.1) is 29.0 Å². The first-order chi connectivity index (χ1) is 12.8. The number of aliphatic imine (C=N–C) groups is 1. The zero-order valence-electron chi connectivity index (χ0n) is 18.3. The topological polar surface area (TPSA) is 142 Å². The van der Waals surface area contributed by atoms with E-state index in [4.69, 9.17) is 0 Å². The van der Waals surface area contributed by atoms with Crippen LogP contribution < -0.4 is 0 Å². The molecule has 0 saturated heterocycles. The van der Waals surface area contributed by atoms with Gasteiger partial charge in [0.2, 0.25) is 0 Å². The van der Waals surface area contributed by atoms with Crippen molar-refractivity contribution in [3.05, 3.63) is 0 Å². The van der Waals surface area contributed by atoms with Crippen LogP contribution in [0.15, 0.2) is 4.99 Å². The van der Waals surface area contributed by atoms with Crippen molar-refractivity contribution < 1.29 is 33.1 Å². The molecule has 0 aromatic carbocycles. The number of amidine groups is 1. The van der Waals surface area contributed by atoms with Crippen LogP contribution in [0.2, 0.25) is 0 Å². The van der Waals surface area contributed by atoms with Crippen LogP contribution >= 0.6 is 0 Å². The van der Waals surface area contributed by atoms with Crippen molar-refractivity contribution in [2.75, 3.05) is 38.5 Å². The summed E-state index contributed by atoms with van der Waals surface area (Å²) in [6.45, 7) is 3.94. The number of hydrogen-bond donors (Lipinski definition) is 2. The monoisotopic (exact) mass is 447 g/mol. The minimum atomic E-state index is -4.47. The van der Waals surface area contributed by atoms with Gasteiger partial charge in [0.1, 0.15) is 25.7 Å². The maximum absolute atomic E-state index is 10.9. The van der Waals surface area contributed by atoms with Crippen LogP contribution in [0.4, 0.5) is 0 Å². The molecule has 1 rings (SSSR count). The van der Waals surface area contributed by atoms with E-state index in [1.54, 1.807) is 0 Å². The Hall–Kier alpha value is 0.420. The number of nitrogens with zero attached hydrogens (tertiary/aromatic N) is 2. The van der Waals surface area contributed by atoms with Gasteiger partial charge in [-0.15, -0.1) is 0 Å². The maximum atomic E-state index is 10.9. The van der Waals surface area contributed by atoms with E-state index < -0.39 is 22.0 Å². The fraction of sp³-hybridized carbons (Fsp3) is 0.947. The molecule has 0 amide bonds. The summed E-state index contributed by atoms with van der Waals surface area (Å²) in [6.07, 6.45) is 10.7. The van der Waals surface area contributed by atoms with E-state index in [0.29, 0.717) is 24.1 Å². The van der Waals surface area contributed by atoms with E-state index in [2.05, 4.69) is 11.9 Å². The van der Waals surface area contributed by atoms with Gasteiger partial charge in [0.25, 0.3) is 0 Å². The summed E-state index contributed by atoms with van der Waals surface area (Å²) in [4.78, 5) is 4.56. The third-order valence-electron chi connectivity index (χ3n) is 5.36. The maximum Gasteiger partial charge on any atom is 0.198 e. The first-order valence-electron chi connectivity index (χ1n) is 10.5. The second-order valence-corrected chi connectivity index (χ2v) is 9.20. The van der Waals surface area contributed by atoms with E-state index >= 15 is 0 Å². The van der Waals surface area contributed by atoms with Gasteiger partial charge in [-0.1, -0.05) is 58.3 Å². The second-order valence-electron chi connectivity index (χ2n) is 7.75. The molecule has 10 heteroatoms. The number of aliphatic hydroxyl groups is 2. The van der Waals surface area contributed by atoms with E-state index in [9.17, 15) is 23.2 Å². The molecule has 0 bridgehead atoms. The van der Waals surface area contributed by atoms with E-state index in [1.165, 1.54) is 44.9 Å². The summed E-state index contributed by atoms with van der Waals surface area (Å²) in [6, 6.07) is 0. The molecule has 1 aliphatic rings. The number of aliphatic hydroxyl groups excluding tert-OH is 2. The molecule has 2 atom stereocenters. The average Bonchev–Trinajstić information content (AvgIpc) is 2.94. The van der Waals surface area contributed by atoms with Crippen molar-refractivity contribution in [3.63, 3.8) is 0 Å². The average molecular weight is 448 g/mol. The first-order valence-corrected chi connectivity index (χ1v) is 12.0. The zero-order valence-corrected chi connectivity index (χ0v) is 21.1. The molecule has 0 aliphatic carbocycles. The molecule has 1 radical (unpaired) electrons. The Morgan fingerprint density at radius 2 is 1.66 bits per heavy atom. The van der Waals surface area contributed by atoms with Crippen LogP contribution in [-0.4, -0.2) is 113 Å². The summed E-state index contributed by atoms with van der Waals surface area (Å²) in [7, 11) is -4.47. The Morgan fingerprint density at radius 3 is 2.17 bits per heavy atom. The molecule has 4 N–H and O–H groups in total. The Labute approximate surface area is 198 Å². The molecule has 0 fully saturated rings. The predicted molar refractivity (Wildman–Crippen MR) is 116 cm³/mol. The Bertz CT molecular complexity index is 547. The van der Waals surface area contributed by atoms with Crippen LogP contribution in [0.1, 0.15) is 71.1 Å². The van der Waals surface area contributed by atoms with Crippen LogP contribution in [-0.2, 0) is 10.1 Å². The molecule has 1 aliphatic heterocycles. The van der Waals surface area contributed by atoms with Gasteiger partial charge in [-0.05, 0) is 6.42 Å². The number of hydrogen-bond acceptors (Lipinski definition) is 6. The van der Waals surface area contributed by atoms with E-state index in [-0.39, 0.29) is 48.2 Å². The molecule has 8 nitrogen and oxygen atoms in total. The molecule has 0 spiro atoms. The zero-order chi connectivity index (χ0) is 20.2. The van der Waals surface area contributed by atoms with Crippen molar-refractivity contribution in [1.82, 2.24) is 0 Å². The van der Waals surface area contributed by atoms with Crippen LogP contribution in [0.3, 0.4) is 0 Å². The summed E-state index contributed by atoms with van der Waals surface area (Å²) in [5.74, 6) is 0.137. The fourth-order valence-corrected chi connectivity index (χ4v) is 4.55. The molecule has 0 saturated carbocycles. The molecule has 2 unspecified atom stereocenters. The van der Waals surface area contributed by atoms with Crippen molar-refractivity contribution in [3.8, 4) is 0 Å². The second kappa shape index (κ2) is 17.0. The van der Waals surface area contributed by atoms with E-state index in [0.717, 1.165) is 25.1 Å². The molecule has 1 heterocycles. The minimum absolute atomic E-state index is 0. The van der Waals surface area contributed by atoms with Crippen LogP contribution in [0.5, 0.6) is 0 Å². The minimum Gasteiger partial charge on any atom is -0.748 e. The Morgan fingerprint density at radius 1 is 1.10 bits per heavy atom. The molecular formula is C19H40N2NaO6S. The summed E-state index contributed by atoms with van der Waals surface area (Å²) >= 11 is 0. The largest absolute Gasteiger partial charge is 0.748 e. The first kappa shape index (κ1) is 31.6. The third kappa shape index (κ3) is 13.4. The predicted octanol–water partition coefficient (Wildman–Crippen LogP) is 0.829. The number of rotatable bonds is 16. The van der Waals surface area contributed by atoms with Gasteiger partial charge >= 0.3 is 0 Å². The molecule has 29 heavy (non-hydrogen) atoms. The number of quaternary nitrogens is 1. The quantitative estimate of drug-likeness (QED) is 0.156. The van der Waals surface area contributed by atoms with Gasteiger partial charge in [0.15, 0.2) is 5.84 Å². The van der Waals surface area contributed by atoms with Gasteiger partial charge in [-0.3, -0.25) is 4.48 Å². The Balaban J connectivity index is 0. The van der Waals surface area contributed by atoms with Crippen molar-refractivity contribution in [1.29, 1.82) is 0 Å². The van der Waals surface area contributed by atoms with Crippen molar-refractivity contribution in [2.24, 2.45) is 4.99 Å². The van der Waals surface area contributed by atoms with Crippen molar-refractivity contribution in [2.45, 2.75) is 77.2 Å². The fourth-order valence-electron chi connectivity index (χ4n) is 3.97. The number of unbranched alkanes of at least 4 members (excludes halogenated alkanes) is 8. The van der Waals surface area contributed by atoms with Gasteiger partial charge in [-0.2, -0.15) is 0 Å².